The van der Waals surface area contributed by atoms with Crippen molar-refractivity contribution in [2.45, 2.75) is 51.2 Å². The van der Waals surface area contributed by atoms with Crippen LogP contribution in [0.4, 0.5) is 0 Å². The number of nitrogens with one attached hydrogen (secondary N) is 1. The van der Waals surface area contributed by atoms with Crippen molar-refractivity contribution in [2.75, 3.05) is 6.54 Å². The molecule has 1 saturated carbocycles. The van der Waals surface area contributed by atoms with Crippen LogP contribution < -0.4 is 10.9 Å². The van der Waals surface area contributed by atoms with E-state index in [9.17, 15) is 9.59 Å². The molecule has 3 heterocycles. The summed E-state index contributed by atoms with van der Waals surface area (Å²) in [6, 6.07) is 10.5. The Morgan fingerprint density at radius 1 is 1.20 bits per heavy atom. The maximum Gasteiger partial charge on any atom is 0.279 e. The summed E-state index contributed by atoms with van der Waals surface area (Å²) >= 11 is 0. The Bertz CT molecular complexity index is 1140. The van der Waals surface area contributed by atoms with E-state index in [4.69, 9.17) is 0 Å². The molecule has 30 heavy (non-hydrogen) atoms. The van der Waals surface area contributed by atoms with Gasteiger partial charge in [-0.3, -0.25) is 14.5 Å². The molecule has 0 radical (unpaired) electrons. The average molecular weight is 406 g/mol. The van der Waals surface area contributed by atoms with Crippen molar-refractivity contribution in [3.8, 4) is 0 Å². The number of fused-ring (bicyclic) bond motifs is 2. The molecule has 1 fully saturated rings. The second-order valence-electron chi connectivity index (χ2n) is 8.48. The lowest BCUT2D eigenvalue weighted by Crippen LogP contribution is -2.38. The number of aromatic nitrogens is 3. The van der Waals surface area contributed by atoms with Crippen LogP contribution >= 0.6 is 0 Å². The molecule has 1 amide bonds. The number of nitrogens with zero attached hydrogens (tertiary/aromatic N) is 4. The smallest absolute Gasteiger partial charge is 0.279 e. The van der Waals surface area contributed by atoms with E-state index in [-0.39, 0.29) is 17.5 Å². The summed E-state index contributed by atoms with van der Waals surface area (Å²) in [5, 5.41) is 7.41. The first-order valence-corrected chi connectivity index (χ1v) is 10.8. The summed E-state index contributed by atoms with van der Waals surface area (Å²) in [7, 11) is 1.94. The lowest BCUT2D eigenvalue weighted by molar-refractivity contribution is 0.0939. The van der Waals surface area contributed by atoms with Crippen LogP contribution in [0.2, 0.25) is 0 Å². The van der Waals surface area contributed by atoms with Gasteiger partial charge < -0.3 is 9.88 Å². The molecule has 0 spiro atoms. The summed E-state index contributed by atoms with van der Waals surface area (Å²) in [5.41, 5.74) is 3.98. The predicted octanol–water partition coefficient (Wildman–Crippen LogP) is 2.26. The molecular formula is C23H27N5O2. The van der Waals surface area contributed by atoms with Gasteiger partial charge in [0.05, 0.1) is 11.8 Å². The van der Waals surface area contributed by atoms with Crippen LogP contribution in [0.25, 0.3) is 5.65 Å². The number of carbonyl (C=O) groups excluding carboxylic acids is 1. The number of hydrogen-bond donors (Lipinski definition) is 1. The molecular weight excluding hydrogens is 378 g/mol. The minimum atomic E-state index is -0.131. The van der Waals surface area contributed by atoms with E-state index in [1.54, 1.807) is 0 Å². The molecule has 0 saturated heterocycles. The van der Waals surface area contributed by atoms with Crippen molar-refractivity contribution in [1.29, 1.82) is 0 Å². The Labute approximate surface area is 175 Å². The highest BCUT2D eigenvalue weighted by Crippen LogP contribution is 2.22. The zero-order chi connectivity index (χ0) is 20.7. The van der Waals surface area contributed by atoms with Crippen molar-refractivity contribution >= 4 is 11.6 Å². The topological polar surface area (TPSA) is 71.6 Å². The molecule has 0 unspecified atom stereocenters. The van der Waals surface area contributed by atoms with Gasteiger partial charge in [-0.05, 0) is 18.4 Å². The maximum absolute atomic E-state index is 13.2. The van der Waals surface area contributed by atoms with E-state index in [2.05, 4.69) is 27.4 Å². The van der Waals surface area contributed by atoms with Crippen molar-refractivity contribution < 1.29 is 4.79 Å². The van der Waals surface area contributed by atoms with Crippen LogP contribution in [0, 0.1) is 0 Å². The predicted molar refractivity (Wildman–Crippen MR) is 114 cm³/mol. The van der Waals surface area contributed by atoms with Crippen LogP contribution in [0.15, 0.2) is 41.3 Å². The van der Waals surface area contributed by atoms with Crippen molar-refractivity contribution in [3.05, 3.63) is 69.3 Å². The number of aryl methyl sites for hydroxylation is 1. The van der Waals surface area contributed by atoms with Crippen LogP contribution in [0.3, 0.4) is 0 Å². The lowest BCUT2D eigenvalue weighted by atomic mass is 10.1. The maximum atomic E-state index is 13.2. The van der Waals surface area contributed by atoms with Gasteiger partial charge in [-0.15, -0.1) is 0 Å². The summed E-state index contributed by atoms with van der Waals surface area (Å²) in [5.74, 6) is -0.131. The zero-order valence-electron chi connectivity index (χ0n) is 17.3. The van der Waals surface area contributed by atoms with Gasteiger partial charge in [-0.25, -0.2) is 0 Å². The van der Waals surface area contributed by atoms with Gasteiger partial charge in [-0.2, -0.15) is 9.61 Å². The Kier molecular flexibility index (Phi) is 4.90. The van der Waals surface area contributed by atoms with E-state index < -0.39 is 0 Å². The molecule has 0 atom stereocenters. The SMILES string of the molecule is Cn1c2c(c(=O)n3ncc(C(=O)NC4CCCC4)c13)CN(Cc1ccccc1)CC2. The molecule has 2 aliphatic rings. The average Bonchev–Trinajstić information content (AvgIpc) is 3.43. The Balaban J connectivity index is 1.46. The first-order chi connectivity index (χ1) is 14.6. The van der Waals surface area contributed by atoms with Crippen molar-refractivity contribution in [3.63, 3.8) is 0 Å². The fourth-order valence-corrected chi connectivity index (χ4v) is 4.91. The second kappa shape index (κ2) is 7.72. The zero-order valence-corrected chi connectivity index (χ0v) is 17.3. The number of rotatable bonds is 4. The summed E-state index contributed by atoms with van der Waals surface area (Å²) < 4.78 is 3.39. The third kappa shape index (κ3) is 3.33. The molecule has 0 bridgehead atoms. The lowest BCUT2D eigenvalue weighted by Gasteiger charge is -2.30. The van der Waals surface area contributed by atoms with Gasteiger partial charge in [0.15, 0.2) is 5.65 Å². The molecule has 7 heteroatoms. The van der Waals surface area contributed by atoms with E-state index >= 15 is 0 Å². The standard InChI is InChI=1S/C23H27N5O2/c1-26-20-11-12-27(14-16-7-3-2-4-8-16)15-19(20)23(30)28-22(26)18(13-24-28)21(29)25-17-9-5-6-10-17/h2-4,7-8,13,17H,5-6,9-12,14-15H2,1H3,(H,25,29). The van der Waals surface area contributed by atoms with E-state index in [0.717, 1.165) is 56.5 Å². The molecule has 1 aliphatic heterocycles. The van der Waals surface area contributed by atoms with Gasteiger partial charge >= 0.3 is 0 Å². The first-order valence-electron chi connectivity index (χ1n) is 10.8. The molecule has 156 valence electrons. The van der Waals surface area contributed by atoms with E-state index in [1.807, 2.05) is 29.8 Å². The normalized spacial score (nSPS) is 17.4. The molecule has 1 aliphatic carbocycles. The Hall–Kier alpha value is -2.93. The molecule has 1 aromatic carbocycles. The molecule has 5 rings (SSSR count). The largest absolute Gasteiger partial charge is 0.349 e. The van der Waals surface area contributed by atoms with Crippen LogP contribution in [0.1, 0.15) is 52.9 Å². The van der Waals surface area contributed by atoms with Crippen LogP contribution in [0.5, 0.6) is 0 Å². The minimum absolute atomic E-state index is 0.115. The molecule has 3 aromatic rings. The van der Waals surface area contributed by atoms with E-state index in [0.29, 0.717) is 17.8 Å². The monoisotopic (exact) mass is 405 g/mol. The number of amides is 1. The Morgan fingerprint density at radius 2 is 1.97 bits per heavy atom. The van der Waals surface area contributed by atoms with Crippen LogP contribution in [-0.2, 0) is 26.6 Å². The van der Waals surface area contributed by atoms with Crippen molar-refractivity contribution in [2.24, 2.45) is 7.05 Å². The van der Waals surface area contributed by atoms with Gasteiger partial charge in [-0.1, -0.05) is 43.2 Å². The van der Waals surface area contributed by atoms with Gasteiger partial charge in [0.1, 0.15) is 5.56 Å². The highest BCUT2D eigenvalue weighted by molar-refractivity contribution is 6.00. The van der Waals surface area contributed by atoms with E-state index in [1.165, 1.54) is 16.3 Å². The highest BCUT2D eigenvalue weighted by atomic mass is 16.2. The van der Waals surface area contributed by atoms with Crippen molar-refractivity contribution in [1.82, 2.24) is 24.4 Å². The summed E-state index contributed by atoms with van der Waals surface area (Å²) in [6.45, 7) is 2.29. The van der Waals surface area contributed by atoms with Crippen LogP contribution in [-0.4, -0.2) is 37.6 Å². The highest BCUT2D eigenvalue weighted by Gasteiger charge is 2.27. The second-order valence-corrected chi connectivity index (χ2v) is 8.48. The van der Waals surface area contributed by atoms with Gasteiger partial charge in [0.2, 0.25) is 0 Å². The quantitative estimate of drug-likeness (QED) is 0.723. The van der Waals surface area contributed by atoms with Gasteiger partial charge in [0, 0.05) is 44.8 Å². The number of hydrogen-bond acceptors (Lipinski definition) is 4. The summed E-state index contributed by atoms with van der Waals surface area (Å²) in [4.78, 5) is 28.4. The number of carbonyl (C=O) groups is 1. The van der Waals surface area contributed by atoms with Gasteiger partial charge in [0.25, 0.3) is 11.5 Å². The molecule has 2 aromatic heterocycles. The third-order valence-electron chi connectivity index (χ3n) is 6.50. The molecule has 7 nitrogen and oxygen atoms in total. The number of benzene rings is 1. The molecule has 1 N–H and O–H groups in total. The first kappa shape index (κ1) is 19.1. The summed E-state index contributed by atoms with van der Waals surface area (Å²) in [6.07, 6.45) is 6.68. The fraction of sp³-hybridized carbons (Fsp3) is 0.435. The third-order valence-corrected chi connectivity index (χ3v) is 6.50. The minimum Gasteiger partial charge on any atom is -0.349 e. The fourth-order valence-electron chi connectivity index (χ4n) is 4.91. The Morgan fingerprint density at radius 3 is 2.73 bits per heavy atom.